The summed E-state index contributed by atoms with van der Waals surface area (Å²) in [6, 6.07) is 4.91. The van der Waals surface area contributed by atoms with Crippen molar-refractivity contribution in [1.82, 2.24) is 15.5 Å². The van der Waals surface area contributed by atoms with Crippen LogP contribution in [0.25, 0.3) is 0 Å². The molecule has 0 aliphatic rings. The molecule has 2 N–H and O–H groups in total. The molecule has 0 unspecified atom stereocenters. The molecule has 0 saturated carbocycles. The van der Waals surface area contributed by atoms with E-state index in [-0.39, 0.29) is 24.0 Å². The molecule has 1 aromatic rings. The largest absolute Gasteiger partial charge is 0.357 e. The second-order valence-corrected chi connectivity index (χ2v) is 6.83. The number of rotatable bonds is 10. The van der Waals surface area contributed by atoms with Gasteiger partial charge in [0.15, 0.2) is 5.96 Å². The molecule has 134 valence electrons. The van der Waals surface area contributed by atoms with Gasteiger partial charge < -0.3 is 15.5 Å². The Balaban J connectivity index is 0.00000484. The first-order valence-corrected chi connectivity index (χ1v) is 9.26. The van der Waals surface area contributed by atoms with Crippen LogP contribution >= 0.6 is 35.3 Å². The van der Waals surface area contributed by atoms with Gasteiger partial charge in [-0.25, -0.2) is 0 Å². The fraction of sp³-hybridized carbons (Fsp3) is 0.706. The van der Waals surface area contributed by atoms with E-state index in [1.165, 1.54) is 11.3 Å². The third kappa shape index (κ3) is 10.9. The average Bonchev–Trinajstić information content (AvgIpc) is 2.99. The molecule has 0 saturated heterocycles. The van der Waals surface area contributed by atoms with Gasteiger partial charge in [-0.1, -0.05) is 6.07 Å². The highest BCUT2D eigenvalue weighted by Crippen LogP contribution is 2.07. The lowest BCUT2D eigenvalue weighted by Gasteiger charge is -2.20. The lowest BCUT2D eigenvalue weighted by Crippen LogP contribution is -2.38. The number of halogens is 1. The first-order valence-electron chi connectivity index (χ1n) is 8.38. The summed E-state index contributed by atoms with van der Waals surface area (Å²) in [6.45, 7) is 10.4. The molecule has 0 radical (unpaired) electrons. The molecule has 0 fully saturated rings. The molecule has 0 spiro atoms. The summed E-state index contributed by atoms with van der Waals surface area (Å²) in [5, 5.41) is 8.85. The van der Waals surface area contributed by atoms with Crippen molar-refractivity contribution in [3.8, 4) is 0 Å². The van der Waals surface area contributed by atoms with Gasteiger partial charge in [-0.2, -0.15) is 0 Å². The minimum Gasteiger partial charge on any atom is -0.357 e. The Hall–Kier alpha value is -0.340. The lowest BCUT2D eigenvalue weighted by molar-refractivity contribution is 0.269. The molecular formula is C17H33IN4S. The minimum absolute atomic E-state index is 0. The first kappa shape index (κ1) is 22.7. The summed E-state index contributed by atoms with van der Waals surface area (Å²) < 4.78 is 0. The highest BCUT2D eigenvalue weighted by Gasteiger charge is 2.02. The van der Waals surface area contributed by atoms with E-state index >= 15 is 0 Å². The van der Waals surface area contributed by atoms with Crippen LogP contribution < -0.4 is 10.6 Å². The van der Waals surface area contributed by atoms with Crippen LogP contribution in [0, 0.1) is 0 Å². The average molecular weight is 452 g/mol. The summed E-state index contributed by atoms with van der Waals surface area (Å²) in [7, 11) is 2.18. The van der Waals surface area contributed by atoms with Crippen molar-refractivity contribution < 1.29 is 0 Å². The Bertz CT molecular complexity index is 407. The first-order chi connectivity index (χ1) is 10.6. The fourth-order valence-electron chi connectivity index (χ4n) is 2.02. The van der Waals surface area contributed by atoms with E-state index in [2.05, 4.69) is 65.9 Å². The number of thiophene rings is 1. The zero-order valence-corrected chi connectivity index (χ0v) is 18.1. The number of guanidine groups is 1. The Labute approximate surface area is 163 Å². The summed E-state index contributed by atoms with van der Waals surface area (Å²) in [5.41, 5.74) is 0. The van der Waals surface area contributed by atoms with E-state index in [0.717, 1.165) is 45.0 Å². The molecule has 23 heavy (non-hydrogen) atoms. The Kier molecular flexibility index (Phi) is 13.8. The second kappa shape index (κ2) is 14.0. The normalized spacial score (nSPS) is 11.7. The minimum atomic E-state index is 0. The Morgan fingerprint density at radius 1 is 1.30 bits per heavy atom. The second-order valence-electron chi connectivity index (χ2n) is 5.80. The summed E-state index contributed by atoms with van der Waals surface area (Å²) in [5.74, 6) is 0.941. The van der Waals surface area contributed by atoms with Crippen LogP contribution in [0.1, 0.15) is 38.5 Å². The fourth-order valence-corrected chi connectivity index (χ4v) is 2.73. The van der Waals surface area contributed by atoms with E-state index in [0.29, 0.717) is 6.04 Å². The lowest BCUT2D eigenvalue weighted by atomic mass is 10.2. The van der Waals surface area contributed by atoms with Crippen molar-refractivity contribution in [2.24, 2.45) is 4.99 Å². The number of unbranched alkanes of at least 4 members (excludes halogenated alkanes) is 1. The topological polar surface area (TPSA) is 39.7 Å². The van der Waals surface area contributed by atoms with Gasteiger partial charge in [-0.05, 0) is 65.1 Å². The molecule has 0 atom stereocenters. The maximum Gasteiger partial charge on any atom is 0.191 e. The quantitative estimate of drug-likeness (QED) is 0.247. The maximum atomic E-state index is 4.65. The molecular weight excluding hydrogens is 419 g/mol. The van der Waals surface area contributed by atoms with Crippen molar-refractivity contribution in [2.75, 3.05) is 33.2 Å². The summed E-state index contributed by atoms with van der Waals surface area (Å²) in [6.07, 6.45) is 3.40. The van der Waals surface area contributed by atoms with E-state index in [4.69, 9.17) is 0 Å². The van der Waals surface area contributed by atoms with Crippen molar-refractivity contribution in [3.63, 3.8) is 0 Å². The van der Waals surface area contributed by atoms with Gasteiger partial charge in [0, 0.05) is 30.6 Å². The Morgan fingerprint density at radius 3 is 2.70 bits per heavy atom. The number of hydrogen-bond donors (Lipinski definition) is 2. The van der Waals surface area contributed by atoms with Gasteiger partial charge >= 0.3 is 0 Å². The predicted molar refractivity (Wildman–Crippen MR) is 114 cm³/mol. The zero-order valence-electron chi connectivity index (χ0n) is 15.0. The molecule has 0 aliphatic carbocycles. The van der Waals surface area contributed by atoms with Gasteiger partial charge in [0.1, 0.15) is 0 Å². The van der Waals surface area contributed by atoms with Crippen LogP contribution in [0.5, 0.6) is 0 Å². The maximum absolute atomic E-state index is 4.65. The standard InChI is InChI=1S/C17H32N4S.HI/c1-5-18-17(20-12-10-16-9-8-14-22-16)19-11-6-7-13-21(4)15(2)3;/h8-9,14-15H,5-7,10-13H2,1-4H3,(H2,18,19,20);1H. The highest BCUT2D eigenvalue weighted by atomic mass is 127. The SMILES string of the molecule is CCNC(=NCCCCN(C)C(C)C)NCCc1cccs1.I. The molecule has 1 heterocycles. The van der Waals surface area contributed by atoms with Crippen LogP contribution in [-0.4, -0.2) is 50.1 Å². The van der Waals surface area contributed by atoms with Crippen LogP contribution in [0.2, 0.25) is 0 Å². The van der Waals surface area contributed by atoms with E-state index < -0.39 is 0 Å². The third-order valence-electron chi connectivity index (χ3n) is 3.66. The summed E-state index contributed by atoms with van der Waals surface area (Å²) in [4.78, 5) is 8.45. The van der Waals surface area contributed by atoms with Crippen molar-refractivity contribution in [1.29, 1.82) is 0 Å². The smallest absolute Gasteiger partial charge is 0.191 e. The molecule has 4 nitrogen and oxygen atoms in total. The molecule has 6 heteroatoms. The highest BCUT2D eigenvalue weighted by molar-refractivity contribution is 14.0. The summed E-state index contributed by atoms with van der Waals surface area (Å²) >= 11 is 1.81. The van der Waals surface area contributed by atoms with E-state index in [1.807, 2.05) is 11.3 Å². The monoisotopic (exact) mass is 452 g/mol. The predicted octanol–water partition coefficient (Wildman–Crippen LogP) is 3.58. The van der Waals surface area contributed by atoms with Crippen molar-refractivity contribution in [3.05, 3.63) is 22.4 Å². The molecule has 1 aromatic heterocycles. The van der Waals surface area contributed by atoms with Crippen molar-refractivity contribution >= 4 is 41.3 Å². The molecule has 0 aliphatic heterocycles. The number of nitrogens with zero attached hydrogens (tertiary/aromatic N) is 2. The molecule has 0 aromatic carbocycles. The zero-order chi connectivity index (χ0) is 16.2. The number of hydrogen-bond acceptors (Lipinski definition) is 3. The van der Waals surface area contributed by atoms with Crippen LogP contribution in [-0.2, 0) is 6.42 Å². The van der Waals surface area contributed by atoms with Crippen LogP contribution in [0.3, 0.4) is 0 Å². The van der Waals surface area contributed by atoms with Crippen LogP contribution in [0.15, 0.2) is 22.5 Å². The van der Waals surface area contributed by atoms with Gasteiger partial charge in [0.05, 0.1) is 0 Å². The van der Waals surface area contributed by atoms with Gasteiger partial charge in [-0.15, -0.1) is 35.3 Å². The number of nitrogens with one attached hydrogen (secondary N) is 2. The van der Waals surface area contributed by atoms with E-state index in [9.17, 15) is 0 Å². The Morgan fingerprint density at radius 2 is 2.09 bits per heavy atom. The van der Waals surface area contributed by atoms with Crippen LogP contribution in [0.4, 0.5) is 0 Å². The molecule has 0 bridgehead atoms. The number of aliphatic imine (C=N–C) groups is 1. The third-order valence-corrected chi connectivity index (χ3v) is 4.59. The van der Waals surface area contributed by atoms with Gasteiger partial charge in [0.2, 0.25) is 0 Å². The van der Waals surface area contributed by atoms with Gasteiger partial charge in [0.25, 0.3) is 0 Å². The molecule has 1 rings (SSSR count). The molecule has 0 amide bonds. The van der Waals surface area contributed by atoms with Crippen molar-refractivity contribution in [2.45, 2.75) is 46.1 Å². The van der Waals surface area contributed by atoms with Gasteiger partial charge in [-0.3, -0.25) is 4.99 Å². The van der Waals surface area contributed by atoms with E-state index in [1.54, 1.807) is 0 Å².